The van der Waals surface area contributed by atoms with Gasteiger partial charge in [-0.3, -0.25) is 20.8 Å². The molecule has 0 bridgehead atoms. The Hall–Kier alpha value is -1.80. The Morgan fingerprint density at radius 2 is 2.25 bits per heavy atom. The van der Waals surface area contributed by atoms with Gasteiger partial charge in [0.05, 0.1) is 4.92 Å². The number of thioether (sulfide) groups is 1. The lowest BCUT2D eigenvalue weighted by Gasteiger charge is -2.14. The number of nitrogens with two attached hydrogens (primary N) is 1. The largest absolute Gasteiger partial charge is 0.349 e. The van der Waals surface area contributed by atoms with Gasteiger partial charge in [0.25, 0.3) is 5.91 Å². The molecule has 1 unspecified atom stereocenters. The van der Waals surface area contributed by atoms with E-state index in [2.05, 4.69) is 10.7 Å². The lowest BCUT2D eigenvalue weighted by atomic mass is 10.1. The molecular weight excluding hydrogens is 280 g/mol. The van der Waals surface area contributed by atoms with Crippen LogP contribution in [-0.2, 0) is 0 Å². The second-order valence-electron chi connectivity index (χ2n) is 4.26. The first-order valence-electron chi connectivity index (χ1n) is 6.05. The number of hydrogen-bond donors (Lipinski definition) is 3. The molecule has 1 atom stereocenters. The quantitative estimate of drug-likeness (QED) is 0.402. The van der Waals surface area contributed by atoms with E-state index in [9.17, 15) is 14.9 Å². The molecular formula is C12H18N4O3S. The van der Waals surface area contributed by atoms with E-state index in [-0.39, 0.29) is 23.0 Å². The highest BCUT2D eigenvalue weighted by molar-refractivity contribution is 7.98. The molecule has 0 aliphatic rings. The molecule has 1 aromatic carbocycles. The van der Waals surface area contributed by atoms with Crippen molar-refractivity contribution < 1.29 is 9.72 Å². The Morgan fingerprint density at radius 1 is 1.55 bits per heavy atom. The van der Waals surface area contributed by atoms with E-state index >= 15 is 0 Å². The molecule has 1 aromatic rings. The lowest BCUT2D eigenvalue weighted by Crippen LogP contribution is -2.33. The van der Waals surface area contributed by atoms with E-state index in [4.69, 9.17) is 5.84 Å². The fraction of sp³-hybridized carbons (Fsp3) is 0.417. The Bertz CT molecular complexity index is 496. The third kappa shape index (κ3) is 4.10. The normalized spacial score (nSPS) is 11.8. The van der Waals surface area contributed by atoms with E-state index in [1.807, 2.05) is 13.2 Å². The van der Waals surface area contributed by atoms with E-state index in [1.54, 1.807) is 17.8 Å². The minimum Gasteiger partial charge on any atom is -0.349 e. The maximum atomic E-state index is 12.1. The SMILES string of the molecule is CSCCC(C)NC(=O)c1cccc(NN)c1[N+](=O)[O-]. The Balaban J connectivity index is 2.95. The van der Waals surface area contributed by atoms with E-state index in [0.29, 0.717) is 0 Å². The molecule has 0 fully saturated rings. The molecule has 0 saturated heterocycles. The standard InChI is InChI=1S/C12H18N4O3S/c1-8(6-7-20-2)14-12(17)9-4-3-5-10(15-13)11(9)16(18)19/h3-5,8,15H,6-7,13H2,1-2H3,(H,14,17). The van der Waals surface area contributed by atoms with Crippen molar-refractivity contribution in [3.8, 4) is 0 Å². The van der Waals surface area contributed by atoms with Crippen molar-refractivity contribution in [2.24, 2.45) is 5.84 Å². The van der Waals surface area contributed by atoms with Gasteiger partial charge in [0.1, 0.15) is 11.3 Å². The van der Waals surface area contributed by atoms with Crippen LogP contribution >= 0.6 is 11.8 Å². The molecule has 110 valence electrons. The number of benzene rings is 1. The number of nitro benzene ring substituents is 1. The van der Waals surface area contributed by atoms with E-state index in [0.717, 1.165) is 12.2 Å². The van der Waals surface area contributed by atoms with Crippen LogP contribution in [0, 0.1) is 10.1 Å². The van der Waals surface area contributed by atoms with Gasteiger partial charge in [-0.2, -0.15) is 11.8 Å². The van der Waals surface area contributed by atoms with Gasteiger partial charge in [-0.15, -0.1) is 0 Å². The molecule has 1 rings (SSSR count). The van der Waals surface area contributed by atoms with Gasteiger partial charge >= 0.3 is 5.69 Å². The summed E-state index contributed by atoms with van der Waals surface area (Å²) in [6.07, 6.45) is 2.78. The molecule has 0 spiro atoms. The van der Waals surface area contributed by atoms with Gasteiger partial charge < -0.3 is 10.7 Å². The van der Waals surface area contributed by atoms with Crippen molar-refractivity contribution in [3.05, 3.63) is 33.9 Å². The summed E-state index contributed by atoms with van der Waals surface area (Å²) < 4.78 is 0. The number of hydrazine groups is 1. The maximum absolute atomic E-state index is 12.1. The number of rotatable bonds is 7. The van der Waals surface area contributed by atoms with Crippen molar-refractivity contribution in [2.75, 3.05) is 17.4 Å². The van der Waals surface area contributed by atoms with Gasteiger partial charge in [-0.05, 0) is 37.5 Å². The Morgan fingerprint density at radius 3 is 2.80 bits per heavy atom. The first-order chi connectivity index (χ1) is 9.51. The van der Waals surface area contributed by atoms with Crippen LogP contribution in [-0.4, -0.2) is 28.9 Å². The van der Waals surface area contributed by atoms with E-state index < -0.39 is 10.8 Å². The fourth-order valence-electron chi connectivity index (χ4n) is 1.71. The monoisotopic (exact) mass is 298 g/mol. The molecule has 0 radical (unpaired) electrons. The summed E-state index contributed by atoms with van der Waals surface area (Å²) in [5.74, 6) is 5.68. The number of anilines is 1. The Kier molecular flexibility index (Phi) is 6.26. The van der Waals surface area contributed by atoms with Crippen LogP contribution in [0.3, 0.4) is 0 Å². The molecule has 0 aliphatic carbocycles. The molecule has 20 heavy (non-hydrogen) atoms. The number of amides is 1. The summed E-state index contributed by atoms with van der Waals surface area (Å²) in [7, 11) is 0. The van der Waals surface area contributed by atoms with Crippen molar-refractivity contribution >= 4 is 29.0 Å². The van der Waals surface area contributed by atoms with Crippen LogP contribution in [0.25, 0.3) is 0 Å². The van der Waals surface area contributed by atoms with E-state index in [1.165, 1.54) is 12.1 Å². The number of carbonyl (C=O) groups excluding carboxylic acids is 1. The van der Waals surface area contributed by atoms with Gasteiger partial charge in [0, 0.05) is 6.04 Å². The smallest absolute Gasteiger partial charge is 0.306 e. The molecule has 0 heterocycles. The maximum Gasteiger partial charge on any atom is 0.306 e. The van der Waals surface area contributed by atoms with Gasteiger partial charge in [-0.1, -0.05) is 6.07 Å². The zero-order valence-electron chi connectivity index (χ0n) is 11.4. The number of para-hydroxylation sites is 1. The van der Waals surface area contributed by atoms with Crippen LogP contribution in [0.4, 0.5) is 11.4 Å². The summed E-state index contributed by atoms with van der Waals surface area (Å²) in [5.41, 5.74) is 2.03. The van der Waals surface area contributed by atoms with Crippen LogP contribution in [0.15, 0.2) is 18.2 Å². The van der Waals surface area contributed by atoms with Crippen molar-refractivity contribution in [2.45, 2.75) is 19.4 Å². The molecule has 0 aliphatic heterocycles. The highest BCUT2D eigenvalue weighted by Crippen LogP contribution is 2.27. The predicted octanol–water partition coefficient (Wildman–Crippen LogP) is 1.75. The predicted molar refractivity (Wildman–Crippen MR) is 80.8 cm³/mol. The summed E-state index contributed by atoms with van der Waals surface area (Å²) in [4.78, 5) is 22.6. The molecule has 0 aromatic heterocycles. The van der Waals surface area contributed by atoms with Crippen LogP contribution < -0.4 is 16.6 Å². The highest BCUT2D eigenvalue weighted by Gasteiger charge is 2.24. The van der Waals surface area contributed by atoms with Crippen LogP contribution in [0.5, 0.6) is 0 Å². The number of nitro groups is 1. The van der Waals surface area contributed by atoms with Gasteiger partial charge in [0.2, 0.25) is 0 Å². The lowest BCUT2D eigenvalue weighted by molar-refractivity contribution is -0.384. The average molecular weight is 298 g/mol. The summed E-state index contributed by atoms with van der Waals surface area (Å²) >= 11 is 1.68. The van der Waals surface area contributed by atoms with Crippen molar-refractivity contribution in [1.82, 2.24) is 5.32 Å². The highest BCUT2D eigenvalue weighted by atomic mass is 32.2. The Labute approximate surface area is 121 Å². The molecule has 7 nitrogen and oxygen atoms in total. The van der Waals surface area contributed by atoms with Gasteiger partial charge in [-0.25, -0.2) is 0 Å². The number of nitrogens with zero attached hydrogens (tertiary/aromatic N) is 1. The van der Waals surface area contributed by atoms with Crippen LogP contribution in [0.1, 0.15) is 23.7 Å². The molecule has 1 amide bonds. The first kappa shape index (κ1) is 16.3. The second-order valence-corrected chi connectivity index (χ2v) is 5.24. The fourth-order valence-corrected chi connectivity index (χ4v) is 2.30. The minimum absolute atomic E-state index is 0.00134. The number of hydrogen-bond acceptors (Lipinski definition) is 6. The summed E-state index contributed by atoms with van der Waals surface area (Å²) in [6.45, 7) is 1.87. The van der Waals surface area contributed by atoms with Crippen LogP contribution in [0.2, 0.25) is 0 Å². The summed E-state index contributed by atoms with van der Waals surface area (Å²) in [5, 5.41) is 13.8. The zero-order valence-corrected chi connectivity index (χ0v) is 12.2. The molecule has 0 saturated carbocycles. The number of nitrogen functional groups attached to an aromatic ring is 1. The summed E-state index contributed by atoms with van der Waals surface area (Å²) in [6, 6.07) is 4.36. The molecule has 8 heteroatoms. The average Bonchev–Trinajstić information content (AvgIpc) is 2.43. The first-order valence-corrected chi connectivity index (χ1v) is 7.44. The topological polar surface area (TPSA) is 110 Å². The van der Waals surface area contributed by atoms with Crippen molar-refractivity contribution in [3.63, 3.8) is 0 Å². The molecule has 4 N–H and O–H groups in total. The third-order valence-electron chi connectivity index (χ3n) is 2.75. The zero-order chi connectivity index (χ0) is 15.1. The van der Waals surface area contributed by atoms with Crippen molar-refractivity contribution in [1.29, 1.82) is 0 Å². The van der Waals surface area contributed by atoms with Gasteiger partial charge in [0.15, 0.2) is 0 Å². The minimum atomic E-state index is -0.614. The second kappa shape index (κ2) is 7.71. The number of nitrogens with one attached hydrogen (secondary N) is 2. The number of carbonyl (C=O) groups is 1. The third-order valence-corrected chi connectivity index (χ3v) is 3.40.